The molecule has 0 aromatic carbocycles. The van der Waals surface area contributed by atoms with E-state index in [4.69, 9.17) is 0 Å². The Kier molecular flexibility index (Phi) is 5.70. The molecule has 13 heavy (non-hydrogen) atoms. The van der Waals surface area contributed by atoms with Gasteiger partial charge in [-0.2, -0.15) is 0 Å². The summed E-state index contributed by atoms with van der Waals surface area (Å²) in [4.78, 5) is 22.1. The van der Waals surface area contributed by atoms with Gasteiger partial charge in [-0.05, 0) is 5.92 Å². The molecule has 0 unspecified atom stereocenters. The van der Waals surface area contributed by atoms with Gasteiger partial charge >= 0.3 is 5.97 Å². The minimum Gasteiger partial charge on any atom is -0.467 e. The van der Waals surface area contributed by atoms with E-state index in [9.17, 15) is 9.59 Å². The summed E-state index contributed by atoms with van der Waals surface area (Å²) in [5.41, 5.74) is 0. The largest absolute Gasteiger partial charge is 0.467 e. The third kappa shape index (κ3) is 4.26. The van der Waals surface area contributed by atoms with Crippen molar-refractivity contribution in [2.45, 2.75) is 19.9 Å². The molecule has 0 spiro atoms. The van der Waals surface area contributed by atoms with Gasteiger partial charge in [0.2, 0.25) is 5.91 Å². The predicted octanol–water partition coefficient (Wildman–Crippen LogP) is 0.695. The molecule has 0 heterocycles. The maximum absolute atomic E-state index is 11.2. The van der Waals surface area contributed by atoms with Crippen LogP contribution in [0.15, 0.2) is 0 Å². The van der Waals surface area contributed by atoms with Crippen molar-refractivity contribution in [3.05, 3.63) is 0 Å². The van der Waals surface area contributed by atoms with Gasteiger partial charge < -0.3 is 10.1 Å². The van der Waals surface area contributed by atoms with Crippen molar-refractivity contribution in [1.29, 1.82) is 0 Å². The lowest BCUT2D eigenvalue weighted by Gasteiger charge is -2.18. The van der Waals surface area contributed by atoms with Crippen LogP contribution >= 0.6 is 15.9 Å². The van der Waals surface area contributed by atoms with E-state index in [0.717, 1.165) is 0 Å². The van der Waals surface area contributed by atoms with Gasteiger partial charge in [0.05, 0.1) is 12.4 Å². The van der Waals surface area contributed by atoms with Gasteiger partial charge in [-0.3, -0.25) is 4.79 Å². The van der Waals surface area contributed by atoms with E-state index < -0.39 is 12.0 Å². The second-order valence-electron chi connectivity index (χ2n) is 2.95. The number of hydrogen-bond donors (Lipinski definition) is 1. The number of alkyl halides is 1. The van der Waals surface area contributed by atoms with Crippen LogP contribution in [-0.2, 0) is 14.3 Å². The molecular weight excluding hydrogens is 238 g/mol. The Labute approximate surface area is 86.1 Å². The first-order valence-corrected chi connectivity index (χ1v) is 5.08. The minimum atomic E-state index is -0.560. The average molecular weight is 252 g/mol. The topological polar surface area (TPSA) is 55.4 Å². The summed E-state index contributed by atoms with van der Waals surface area (Å²) < 4.78 is 4.55. The zero-order valence-corrected chi connectivity index (χ0v) is 9.55. The lowest BCUT2D eigenvalue weighted by Crippen LogP contribution is -2.45. The minimum absolute atomic E-state index is 0.0236. The molecule has 1 N–H and O–H groups in total. The van der Waals surface area contributed by atoms with Crippen LogP contribution in [0.1, 0.15) is 13.8 Å². The van der Waals surface area contributed by atoms with Crippen LogP contribution < -0.4 is 5.32 Å². The smallest absolute Gasteiger partial charge is 0.328 e. The molecule has 0 aliphatic rings. The lowest BCUT2D eigenvalue weighted by molar-refractivity contribution is -0.146. The van der Waals surface area contributed by atoms with Crippen molar-refractivity contribution >= 4 is 27.8 Å². The number of hydrogen-bond acceptors (Lipinski definition) is 3. The number of esters is 1. The molecule has 1 atom stereocenters. The SMILES string of the molecule is COC(=O)[C@@H](NC(=O)CBr)C(C)C. The fourth-order valence-corrected chi connectivity index (χ4v) is 0.999. The third-order valence-corrected chi connectivity index (χ3v) is 2.07. The molecule has 0 aromatic heterocycles. The molecule has 0 aromatic rings. The Morgan fingerprint density at radius 2 is 2.00 bits per heavy atom. The van der Waals surface area contributed by atoms with Gasteiger partial charge in [0, 0.05) is 0 Å². The maximum Gasteiger partial charge on any atom is 0.328 e. The number of amides is 1. The van der Waals surface area contributed by atoms with Gasteiger partial charge in [0.25, 0.3) is 0 Å². The Hall–Kier alpha value is -0.580. The van der Waals surface area contributed by atoms with Crippen LogP contribution in [0.25, 0.3) is 0 Å². The lowest BCUT2D eigenvalue weighted by atomic mass is 10.1. The van der Waals surface area contributed by atoms with E-state index in [-0.39, 0.29) is 17.2 Å². The second-order valence-corrected chi connectivity index (χ2v) is 3.51. The van der Waals surface area contributed by atoms with Crippen LogP contribution in [0, 0.1) is 5.92 Å². The Morgan fingerprint density at radius 1 is 1.46 bits per heavy atom. The van der Waals surface area contributed by atoms with Gasteiger partial charge in [0.1, 0.15) is 6.04 Å². The van der Waals surface area contributed by atoms with Crippen LogP contribution in [0.2, 0.25) is 0 Å². The van der Waals surface area contributed by atoms with Crippen molar-refractivity contribution in [3.63, 3.8) is 0 Å². The molecule has 0 aliphatic heterocycles. The molecule has 0 aliphatic carbocycles. The number of rotatable bonds is 4. The summed E-state index contributed by atoms with van der Waals surface area (Å²) in [6.45, 7) is 3.69. The fraction of sp³-hybridized carbons (Fsp3) is 0.750. The molecule has 0 fully saturated rings. The monoisotopic (exact) mass is 251 g/mol. The molecule has 4 nitrogen and oxygen atoms in total. The highest BCUT2D eigenvalue weighted by molar-refractivity contribution is 9.09. The first-order valence-electron chi connectivity index (χ1n) is 3.96. The molecule has 0 saturated carbocycles. The molecule has 0 rings (SSSR count). The zero-order chi connectivity index (χ0) is 10.4. The predicted molar refractivity (Wildman–Crippen MR) is 52.6 cm³/mol. The number of ether oxygens (including phenoxy) is 1. The van der Waals surface area contributed by atoms with Gasteiger partial charge in [-0.15, -0.1) is 0 Å². The van der Waals surface area contributed by atoms with Crippen molar-refractivity contribution < 1.29 is 14.3 Å². The highest BCUT2D eigenvalue weighted by Gasteiger charge is 2.24. The Morgan fingerprint density at radius 3 is 2.31 bits per heavy atom. The highest BCUT2D eigenvalue weighted by Crippen LogP contribution is 2.03. The van der Waals surface area contributed by atoms with Gasteiger partial charge in [0.15, 0.2) is 0 Å². The summed E-state index contributed by atoms with van der Waals surface area (Å²) in [6, 6.07) is -0.560. The van der Waals surface area contributed by atoms with Crippen LogP contribution in [0.3, 0.4) is 0 Å². The van der Waals surface area contributed by atoms with E-state index in [0.29, 0.717) is 0 Å². The van der Waals surface area contributed by atoms with E-state index in [1.807, 2.05) is 13.8 Å². The van der Waals surface area contributed by atoms with E-state index in [1.165, 1.54) is 7.11 Å². The van der Waals surface area contributed by atoms with Crippen molar-refractivity contribution in [2.24, 2.45) is 5.92 Å². The molecule has 0 saturated heterocycles. The van der Waals surface area contributed by atoms with Crippen LogP contribution in [0.5, 0.6) is 0 Å². The molecule has 76 valence electrons. The summed E-state index contributed by atoms with van der Waals surface area (Å²) in [5, 5.41) is 2.74. The zero-order valence-electron chi connectivity index (χ0n) is 7.96. The number of methoxy groups -OCH3 is 1. The van der Waals surface area contributed by atoms with Crippen molar-refractivity contribution in [1.82, 2.24) is 5.32 Å². The first kappa shape index (κ1) is 12.4. The summed E-state index contributed by atoms with van der Waals surface area (Å²) >= 11 is 3.00. The molecular formula is C8H14BrNO3. The molecule has 0 bridgehead atoms. The van der Waals surface area contributed by atoms with E-state index in [1.54, 1.807) is 0 Å². The van der Waals surface area contributed by atoms with E-state index >= 15 is 0 Å². The standard InChI is InChI=1S/C8H14BrNO3/c1-5(2)7(8(12)13-3)10-6(11)4-9/h5,7H,4H2,1-3H3,(H,10,11)/t7-/m0/s1. The van der Waals surface area contributed by atoms with Crippen molar-refractivity contribution in [2.75, 3.05) is 12.4 Å². The number of halogens is 1. The summed E-state index contributed by atoms with van der Waals surface area (Å²) in [7, 11) is 1.30. The normalized spacial score (nSPS) is 12.4. The molecule has 0 radical (unpaired) electrons. The van der Waals surface area contributed by atoms with Crippen LogP contribution in [0.4, 0.5) is 0 Å². The van der Waals surface area contributed by atoms with E-state index in [2.05, 4.69) is 26.0 Å². The van der Waals surface area contributed by atoms with Crippen molar-refractivity contribution in [3.8, 4) is 0 Å². The molecule has 5 heteroatoms. The number of carbonyl (C=O) groups is 2. The maximum atomic E-state index is 11.2. The summed E-state index contributed by atoms with van der Waals surface area (Å²) in [6.07, 6.45) is 0. The molecule has 1 amide bonds. The van der Waals surface area contributed by atoms with Crippen LogP contribution in [-0.4, -0.2) is 30.4 Å². The second kappa shape index (κ2) is 5.96. The third-order valence-electron chi connectivity index (χ3n) is 1.56. The number of nitrogens with one attached hydrogen (secondary N) is 1. The Bertz CT molecular complexity index is 194. The average Bonchev–Trinajstić information content (AvgIpc) is 2.11. The Balaban J connectivity index is 4.26. The van der Waals surface area contributed by atoms with Gasteiger partial charge in [-0.1, -0.05) is 29.8 Å². The fourth-order valence-electron chi connectivity index (χ4n) is 0.837. The highest BCUT2D eigenvalue weighted by atomic mass is 79.9. The summed E-state index contributed by atoms with van der Waals surface area (Å²) in [5.74, 6) is -0.608. The van der Waals surface area contributed by atoms with Gasteiger partial charge in [-0.25, -0.2) is 4.79 Å². The quantitative estimate of drug-likeness (QED) is 0.591. The number of carbonyl (C=O) groups excluding carboxylic acids is 2. The first-order chi connectivity index (χ1) is 6.02.